The van der Waals surface area contributed by atoms with Crippen molar-refractivity contribution in [3.05, 3.63) is 47.0 Å². The maximum absolute atomic E-state index is 13.2. The Bertz CT molecular complexity index is 786. The van der Waals surface area contributed by atoms with Crippen LogP contribution in [-0.4, -0.2) is 4.98 Å². The molecule has 0 aliphatic rings. The summed E-state index contributed by atoms with van der Waals surface area (Å²) >= 11 is 5.84. The van der Waals surface area contributed by atoms with E-state index in [-0.39, 0.29) is 17.1 Å². The number of nitrogens with zero attached hydrogens (tertiary/aromatic N) is 1. The van der Waals surface area contributed by atoms with Crippen molar-refractivity contribution in [2.24, 2.45) is 0 Å². The number of nitrogen functional groups attached to an aromatic ring is 1. The molecule has 0 fully saturated rings. The lowest BCUT2D eigenvalue weighted by atomic mass is 10.1. The molecule has 6 heteroatoms. The van der Waals surface area contributed by atoms with Gasteiger partial charge in [0.2, 0.25) is 5.89 Å². The molecule has 0 atom stereocenters. The zero-order valence-electron chi connectivity index (χ0n) is 9.45. The third-order valence-electron chi connectivity index (χ3n) is 2.67. The van der Waals surface area contributed by atoms with Crippen LogP contribution in [0.15, 0.2) is 34.7 Å². The number of fused-ring (bicyclic) bond motifs is 1. The average Bonchev–Trinajstić information content (AvgIpc) is 2.76. The molecule has 3 nitrogen and oxygen atoms in total. The van der Waals surface area contributed by atoms with Crippen LogP contribution in [0.1, 0.15) is 0 Å². The van der Waals surface area contributed by atoms with E-state index in [1.807, 2.05) is 0 Å². The van der Waals surface area contributed by atoms with Crippen LogP contribution in [0, 0.1) is 11.6 Å². The second-order valence-corrected chi connectivity index (χ2v) is 4.42. The number of hydrogen-bond acceptors (Lipinski definition) is 3. The quantitative estimate of drug-likeness (QED) is 0.685. The maximum Gasteiger partial charge on any atom is 0.229 e. The minimum atomic E-state index is -1.01. The second-order valence-electron chi connectivity index (χ2n) is 3.98. The Morgan fingerprint density at radius 2 is 1.84 bits per heavy atom. The Kier molecular flexibility index (Phi) is 2.64. The molecule has 19 heavy (non-hydrogen) atoms. The standard InChI is InChI=1S/C13H7ClF2N2O/c14-6-1-2-12-11(3-6)18-13(19-12)7-4-8(15)9(16)5-10(7)17/h1-5H,17H2. The van der Waals surface area contributed by atoms with Gasteiger partial charge in [0.25, 0.3) is 0 Å². The van der Waals surface area contributed by atoms with E-state index in [2.05, 4.69) is 4.98 Å². The molecule has 0 spiro atoms. The van der Waals surface area contributed by atoms with Gasteiger partial charge < -0.3 is 10.2 Å². The van der Waals surface area contributed by atoms with Gasteiger partial charge in [0, 0.05) is 16.8 Å². The highest BCUT2D eigenvalue weighted by molar-refractivity contribution is 6.31. The van der Waals surface area contributed by atoms with Crippen LogP contribution in [-0.2, 0) is 0 Å². The van der Waals surface area contributed by atoms with Crippen LogP contribution < -0.4 is 5.73 Å². The number of oxazole rings is 1. The molecule has 3 rings (SSSR count). The normalized spacial score (nSPS) is 11.1. The average molecular weight is 281 g/mol. The smallest absolute Gasteiger partial charge is 0.229 e. The van der Waals surface area contributed by atoms with E-state index in [9.17, 15) is 8.78 Å². The molecular formula is C13H7ClF2N2O. The number of rotatable bonds is 1. The first-order valence-electron chi connectivity index (χ1n) is 5.35. The zero-order valence-corrected chi connectivity index (χ0v) is 10.2. The Morgan fingerprint density at radius 1 is 1.11 bits per heavy atom. The first-order chi connectivity index (χ1) is 9.04. The molecular weight excluding hydrogens is 274 g/mol. The van der Waals surface area contributed by atoms with Crippen LogP contribution in [0.5, 0.6) is 0 Å². The number of aromatic nitrogens is 1. The van der Waals surface area contributed by atoms with Crippen LogP contribution >= 0.6 is 11.6 Å². The first-order valence-corrected chi connectivity index (χ1v) is 5.73. The van der Waals surface area contributed by atoms with Crippen LogP contribution in [0.2, 0.25) is 5.02 Å². The number of benzene rings is 2. The summed E-state index contributed by atoms with van der Waals surface area (Å²) in [5, 5.41) is 0.505. The van der Waals surface area contributed by atoms with Crippen molar-refractivity contribution in [3.63, 3.8) is 0 Å². The first kappa shape index (κ1) is 11.9. The fourth-order valence-corrected chi connectivity index (χ4v) is 1.93. The van der Waals surface area contributed by atoms with Crippen molar-refractivity contribution in [2.75, 3.05) is 5.73 Å². The van der Waals surface area contributed by atoms with E-state index >= 15 is 0 Å². The van der Waals surface area contributed by atoms with Crippen molar-refractivity contribution in [2.45, 2.75) is 0 Å². The molecule has 96 valence electrons. The molecule has 0 saturated carbocycles. The van der Waals surface area contributed by atoms with Gasteiger partial charge in [-0.3, -0.25) is 0 Å². The van der Waals surface area contributed by atoms with Crippen molar-refractivity contribution in [3.8, 4) is 11.5 Å². The highest BCUT2D eigenvalue weighted by Crippen LogP contribution is 2.31. The predicted octanol–water partition coefficient (Wildman–Crippen LogP) is 4.01. The lowest BCUT2D eigenvalue weighted by Gasteiger charge is -2.01. The largest absolute Gasteiger partial charge is 0.436 e. The van der Waals surface area contributed by atoms with Crippen molar-refractivity contribution >= 4 is 28.4 Å². The zero-order chi connectivity index (χ0) is 13.6. The summed E-state index contributed by atoms with van der Waals surface area (Å²) < 4.78 is 31.7. The van der Waals surface area contributed by atoms with Crippen molar-refractivity contribution in [1.82, 2.24) is 4.98 Å². The molecule has 3 aromatic rings. The van der Waals surface area contributed by atoms with Gasteiger partial charge in [0.15, 0.2) is 17.2 Å². The number of hydrogen-bond donors (Lipinski definition) is 1. The monoisotopic (exact) mass is 280 g/mol. The lowest BCUT2D eigenvalue weighted by Crippen LogP contribution is -1.94. The Morgan fingerprint density at radius 3 is 2.63 bits per heavy atom. The predicted molar refractivity (Wildman–Crippen MR) is 68.8 cm³/mol. The van der Waals surface area contributed by atoms with E-state index in [1.54, 1.807) is 18.2 Å². The van der Waals surface area contributed by atoms with E-state index in [1.165, 1.54) is 0 Å². The third-order valence-corrected chi connectivity index (χ3v) is 2.91. The summed E-state index contributed by atoms with van der Waals surface area (Å²) in [5.41, 5.74) is 6.90. The van der Waals surface area contributed by atoms with Gasteiger partial charge in [0.1, 0.15) is 5.52 Å². The molecule has 2 aromatic carbocycles. The second kappa shape index (κ2) is 4.20. The topological polar surface area (TPSA) is 52.0 Å². The van der Waals surface area contributed by atoms with E-state index < -0.39 is 11.6 Å². The highest BCUT2D eigenvalue weighted by atomic mass is 35.5. The summed E-state index contributed by atoms with van der Waals surface area (Å²) in [7, 11) is 0. The Hall–Kier alpha value is -2.14. The Balaban J connectivity index is 2.21. The SMILES string of the molecule is Nc1cc(F)c(F)cc1-c1nc2cc(Cl)ccc2o1. The van der Waals surface area contributed by atoms with Gasteiger partial charge in [0.05, 0.1) is 5.56 Å². The van der Waals surface area contributed by atoms with Gasteiger partial charge in [-0.1, -0.05) is 11.6 Å². The molecule has 1 aromatic heterocycles. The summed E-state index contributed by atoms with van der Waals surface area (Å²) in [5.74, 6) is -1.90. The van der Waals surface area contributed by atoms with Gasteiger partial charge in [-0.2, -0.15) is 0 Å². The summed E-state index contributed by atoms with van der Waals surface area (Å²) in [6.45, 7) is 0. The summed E-state index contributed by atoms with van der Waals surface area (Å²) in [6.07, 6.45) is 0. The van der Waals surface area contributed by atoms with E-state index in [0.717, 1.165) is 12.1 Å². The molecule has 0 aliphatic heterocycles. The Labute approximate surface area is 111 Å². The minimum absolute atomic E-state index is 0.0524. The number of nitrogens with two attached hydrogens (primary N) is 1. The van der Waals surface area contributed by atoms with Crippen LogP contribution in [0.3, 0.4) is 0 Å². The number of halogens is 3. The van der Waals surface area contributed by atoms with Crippen LogP contribution in [0.4, 0.5) is 14.5 Å². The van der Waals surface area contributed by atoms with Crippen LogP contribution in [0.25, 0.3) is 22.6 Å². The van der Waals surface area contributed by atoms with Gasteiger partial charge in [-0.25, -0.2) is 13.8 Å². The molecule has 0 unspecified atom stereocenters. The van der Waals surface area contributed by atoms with E-state index in [4.69, 9.17) is 21.8 Å². The van der Waals surface area contributed by atoms with E-state index in [0.29, 0.717) is 16.1 Å². The van der Waals surface area contributed by atoms with Gasteiger partial charge >= 0.3 is 0 Å². The minimum Gasteiger partial charge on any atom is -0.436 e. The van der Waals surface area contributed by atoms with Gasteiger partial charge in [-0.05, 0) is 24.3 Å². The lowest BCUT2D eigenvalue weighted by molar-refractivity contribution is 0.508. The summed E-state index contributed by atoms with van der Waals surface area (Å²) in [6, 6.07) is 6.75. The van der Waals surface area contributed by atoms with Crippen molar-refractivity contribution < 1.29 is 13.2 Å². The molecule has 0 radical (unpaired) electrons. The highest BCUT2D eigenvalue weighted by Gasteiger charge is 2.15. The molecule has 1 heterocycles. The fourth-order valence-electron chi connectivity index (χ4n) is 1.76. The van der Waals surface area contributed by atoms with Crippen molar-refractivity contribution in [1.29, 1.82) is 0 Å². The molecule has 0 aliphatic carbocycles. The maximum atomic E-state index is 13.2. The molecule has 0 amide bonds. The fraction of sp³-hybridized carbons (Fsp3) is 0. The number of anilines is 1. The summed E-state index contributed by atoms with van der Waals surface area (Å²) in [4.78, 5) is 4.16. The molecule has 0 bridgehead atoms. The molecule has 0 saturated heterocycles. The molecule has 2 N–H and O–H groups in total. The van der Waals surface area contributed by atoms with Gasteiger partial charge in [-0.15, -0.1) is 0 Å². The third kappa shape index (κ3) is 2.02.